The van der Waals surface area contributed by atoms with Gasteiger partial charge in [0.1, 0.15) is 5.71 Å². The zero-order valence-corrected chi connectivity index (χ0v) is 7.16. The number of methoxy groups -OCH3 is 1. The smallest absolute Gasteiger partial charge is 0.305 e. The first kappa shape index (κ1) is 10.6. The maximum atomic E-state index is 10.7. The second-order valence-electron chi connectivity index (χ2n) is 2.21. The Kier molecular flexibility index (Phi) is 4.67. The third-order valence-corrected chi connectivity index (χ3v) is 1.36. The van der Waals surface area contributed by atoms with Gasteiger partial charge < -0.3 is 10.6 Å². The van der Waals surface area contributed by atoms with Crippen molar-refractivity contribution in [2.45, 2.75) is 19.8 Å². The van der Waals surface area contributed by atoms with E-state index in [1.165, 1.54) is 14.0 Å². The first-order chi connectivity index (χ1) is 5.61. The largest absolute Gasteiger partial charge is 0.469 e. The standard InChI is InChI=1S/C7H12N2O3/c1-5(10)6(9-8)3-4-7(11)12-2/h3-4,8H2,1-2H3. The van der Waals surface area contributed by atoms with Crippen LogP contribution in [0.3, 0.4) is 0 Å². The van der Waals surface area contributed by atoms with Crippen LogP contribution in [-0.2, 0) is 14.3 Å². The summed E-state index contributed by atoms with van der Waals surface area (Å²) in [6, 6.07) is 0. The van der Waals surface area contributed by atoms with E-state index >= 15 is 0 Å². The number of hydrogen-bond acceptors (Lipinski definition) is 5. The van der Waals surface area contributed by atoms with Gasteiger partial charge in [0, 0.05) is 13.3 Å². The fourth-order valence-electron chi connectivity index (χ4n) is 0.654. The van der Waals surface area contributed by atoms with Crippen LogP contribution in [0.5, 0.6) is 0 Å². The molecule has 0 aliphatic heterocycles. The number of carbonyl (C=O) groups is 2. The number of carbonyl (C=O) groups excluding carboxylic acids is 2. The molecule has 0 heterocycles. The van der Waals surface area contributed by atoms with E-state index in [9.17, 15) is 9.59 Å². The van der Waals surface area contributed by atoms with Gasteiger partial charge in [0.15, 0.2) is 5.78 Å². The number of rotatable bonds is 4. The van der Waals surface area contributed by atoms with Crippen molar-refractivity contribution in [1.29, 1.82) is 0 Å². The Hall–Kier alpha value is -1.39. The Bertz CT molecular complexity index is 211. The third kappa shape index (κ3) is 3.70. The predicted octanol–water partition coefficient (Wildman–Crippen LogP) is -0.157. The Morgan fingerprint density at radius 2 is 2.00 bits per heavy atom. The maximum Gasteiger partial charge on any atom is 0.305 e. The minimum Gasteiger partial charge on any atom is -0.469 e. The van der Waals surface area contributed by atoms with Crippen molar-refractivity contribution in [2.75, 3.05) is 7.11 Å². The number of hydrogen-bond donors (Lipinski definition) is 1. The molecule has 0 aromatic carbocycles. The topological polar surface area (TPSA) is 81.8 Å². The summed E-state index contributed by atoms with van der Waals surface area (Å²) in [5, 5.41) is 3.25. The van der Waals surface area contributed by atoms with Crippen LogP contribution in [0.2, 0.25) is 0 Å². The number of ether oxygens (including phenoxy) is 1. The first-order valence-electron chi connectivity index (χ1n) is 3.46. The summed E-state index contributed by atoms with van der Waals surface area (Å²) >= 11 is 0. The van der Waals surface area contributed by atoms with Gasteiger partial charge in [-0.1, -0.05) is 0 Å². The van der Waals surface area contributed by atoms with Crippen LogP contribution in [0.25, 0.3) is 0 Å². The fourth-order valence-corrected chi connectivity index (χ4v) is 0.654. The molecule has 68 valence electrons. The lowest BCUT2D eigenvalue weighted by molar-refractivity contribution is -0.140. The molecule has 12 heavy (non-hydrogen) atoms. The highest BCUT2D eigenvalue weighted by Crippen LogP contribution is 1.95. The van der Waals surface area contributed by atoms with E-state index in [1.807, 2.05) is 0 Å². The van der Waals surface area contributed by atoms with Crippen LogP contribution in [0.15, 0.2) is 5.10 Å². The van der Waals surface area contributed by atoms with Crippen molar-refractivity contribution in [3.8, 4) is 0 Å². The van der Waals surface area contributed by atoms with Gasteiger partial charge in [-0.15, -0.1) is 0 Å². The lowest BCUT2D eigenvalue weighted by Gasteiger charge is -1.99. The number of ketones is 1. The zero-order chi connectivity index (χ0) is 9.56. The number of hydrazone groups is 1. The maximum absolute atomic E-state index is 10.7. The molecule has 0 aliphatic carbocycles. The van der Waals surface area contributed by atoms with Gasteiger partial charge in [-0.2, -0.15) is 5.10 Å². The Labute approximate surface area is 70.6 Å². The molecule has 0 fully saturated rings. The van der Waals surface area contributed by atoms with E-state index in [4.69, 9.17) is 5.84 Å². The summed E-state index contributed by atoms with van der Waals surface area (Å²) in [7, 11) is 1.29. The predicted molar refractivity (Wildman–Crippen MR) is 43.6 cm³/mol. The van der Waals surface area contributed by atoms with Crippen LogP contribution in [0, 0.1) is 0 Å². The van der Waals surface area contributed by atoms with Crippen molar-refractivity contribution < 1.29 is 14.3 Å². The second kappa shape index (κ2) is 5.29. The third-order valence-electron chi connectivity index (χ3n) is 1.36. The van der Waals surface area contributed by atoms with Gasteiger partial charge in [-0.3, -0.25) is 9.59 Å². The SMILES string of the molecule is COC(=O)CCC(=NN)C(C)=O. The van der Waals surface area contributed by atoms with Crippen LogP contribution < -0.4 is 5.84 Å². The number of nitrogens with zero attached hydrogens (tertiary/aromatic N) is 1. The van der Waals surface area contributed by atoms with Gasteiger partial charge in [0.05, 0.1) is 13.5 Å². The molecule has 0 rings (SSSR count). The number of Topliss-reactive ketones (excluding diaryl/α,β-unsaturated/α-hetero) is 1. The van der Waals surface area contributed by atoms with Crippen LogP contribution in [-0.4, -0.2) is 24.6 Å². The molecular weight excluding hydrogens is 160 g/mol. The molecule has 0 saturated carbocycles. The molecule has 0 saturated heterocycles. The van der Waals surface area contributed by atoms with Crippen LogP contribution in [0.4, 0.5) is 0 Å². The molecule has 0 bridgehead atoms. The molecular formula is C7H12N2O3. The van der Waals surface area contributed by atoms with E-state index in [2.05, 4.69) is 9.84 Å². The molecule has 0 amide bonds. The van der Waals surface area contributed by atoms with Crippen molar-refractivity contribution in [2.24, 2.45) is 10.9 Å². The minimum absolute atomic E-state index is 0.131. The van der Waals surface area contributed by atoms with Gasteiger partial charge >= 0.3 is 5.97 Å². The number of nitrogens with two attached hydrogens (primary N) is 1. The average Bonchev–Trinajstić information content (AvgIpc) is 2.04. The van der Waals surface area contributed by atoms with Gasteiger partial charge in [-0.25, -0.2) is 0 Å². The molecule has 5 nitrogen and oxygen atoms in total. The lowest BCUT2D eigenvalue weighted by Crippen LogP contribution is -2.14. The molecule has 0 atom stereocenters. The molecule has 0 radical (unpaired) electrons. The summed E-state index contributed by atoms with van der Waals surface area (Å²) in [5.74, 6) is 4.32. The van der Waals surface area contributed by atoms with Crippen LogP contribution in [0.1, 0.15) is 19.8 Å². The van der Waals surface area contributed by atoms with E-state index in [-0.39, 0.29) is 30.3 Å². The summed E-state index contributed by atoms with van der Waals surface area (Å²) < 4.78 is 4.38. The van der Waals surface area contributed by atoms with E-state index in [0.717, 1.165) is 0 Å². The summed E-state index contributed by atoms with van der Waals surface area (Å²) in [6.45, 7) is 1.35. The summed E-state index contributed by atoms with van der Waals surface area (Å²) in [5.41, 5.74) is 0.209. The van der Waals surface area contributed by atoms with E-state index < -0.39 is 0 Å². The second-order valence-corrected chi connectivity index (χ2v) is 2.21. The van der Waals surface area contributed by atoms with Crippen molar-refractivity contribution in [3.05, 3.63) is 0 Å². The summed E-state index contributed by atoms with van der Waals surface area (Å²) in [6.07, 6.45) is 0.366. The van der Waals surface area contributed by atoms with Crippen LogP contribution >= 0.6 is 0 Å². The average molecular weight is 172 g/mol. The minimum atomic E-state index is -0.377. The Morgan fingerprint density at radius 3 is 2.33 bits per heavy atom. The van der Waals surface area contributed by atoms with Crippen molar-refractivity contribution >= 4 is 17.5 Å². The molecule has 0 aromatic rings. The van der Waals surface area contributed by atoms with Gasteiger partial charge in [0.25, 0.3) is 0 Å². The molecule has 0 aliphatic rings. The monoisotopic (exact) mass is 172 g/mol. The summed E-state index contributed by atoms with van der Waals surface area (Å²) in [4.78, 5) is 21.3. The zero-order valence-electron chi connectivity index (χ0n) is 7.16. The van der Waals surface area contributed by atoms with Crippen molar-refractivity contribution in [3.63, 3.8) is 0 Å². The van der Waals surface area contributed by atoms with Crippen molar-refractivity contribution in [1.82, 2.24) is 0 Å². The fraction of sp³-hybridized carbons (Fsp3) is 0.571. The molecule has 0 aromatic heterocycles. The lowest BCUT2D eigenvalue weighted by atomic mass is 10.1. The highest BCUT2D eigenvalue weighted by atomic mass is 16.5. The normalized spacial score (nSPS) is 11.0. The first-order valence-corrected chi connectivity index (χ1v) is 3.46. The Morgan fingerprint density at radius 1 is 1.42 bits per heavy atom. The molecule has 2 N–H and O–H groups in total. The molecule has 0 unspecified atom stereocenters. The van der Waals surface area contributed by atoms with Gasteiger partial charge in [-0.05, 0) is 0 Å². The van der Waals surface area contributed by atoms with E-state index in [0.29, 0.717) is 0 Å². The highest BCUT2D eigenvalue weighted by molar-refractivity contribution is 6.39. The molecule has 0 spiro atoms. The molecule has 5 heteroatoms. The Balaban J connectivity index is 3.91. The number of esters is 1. The highest BCUT2D eigenvalue weighted by Gasteiger charge is 2.08. The van der Waals surface area contributed by atoms with E-state index in [1.54, 1.807) is 0 Å². The van der Waals surface area contributed by atoms with Gasteiger partial charge in [0.2, 0.25) is 0 Å². The quantitative estimate of drug-likeness (QED) is 0.276.